The second-order valence-corrected chi connectivity index (χ2v) is 6.31. The summed E-state index contributed by atoms with van der Waals surface area (Å²) in [6, 6.07) is 0. The van der Waals surface area contributed by atoms with Crippen LogP contribution in [0, 0.1) is 5.92 Å². The van der Waals surface area contributed by atoms with E-state index in [0.29, 0.717) is 18.4 Å². The lowest BCUT2D eigenvalue weighted by atomic mass is 9.80. The van der Waals surface area contributed by atoms with Crippen molar-refractivity contribution in [3.63, 3.8) is 0 Å². The van der Waals surface area contributed by atoms with Gasteiger partial charge in [0.25, 0.3) is 0 Å². The Kier molecular flexibility index (Phi) is 5.62. The fourth-order valence-electron chi connectivity index (χ4n) is 3.43. The lowest BCUT2D eigenvalue weighted by molar-refractivity contribution is 0.123. The van der Waals surface area contributed by atoms with E-state index in [9.17, 15) is 10.2 Å². The summed E-state index contributed by atoms with van der Waals surface area (Å²) >= 11 is 0. The lowest BCUT2D eigenvalue weighted by Crippen LogP contribution is -2.27. The number of hydrogen-bond donors (Lipinski definition) is 2. The van der Waals surface area contributed by atoms with Gasteiger partial charge in [-0.25, -0.2) is 0 Å². The SMILES string of the molecule is C=C1[C@H](O)CC(=C/C=C2\CCCC[C@H]2CCC)C[C@H]1O. The minimum absolute atomic E-state index is 0.566. The molecule has 2 aliphatic carbocycles. The van der Waals surface area contributed by atoms with Gasteiger partial charge in [0, 0.05) is 0 Å². The molecule has 3 atom stereocenters. The third-order valence-electron chi connectivity index (χ3n) is 4.73. The highest BCUT2D eigenvalue weighted by molar-refractivity contribution is 5.28. The number of rotatable bonds is 3. The molecule has 20 heavy (non-hydrogen) atoms. The van der Waals surface area contributed by atoms with Crippen molar-refractivity contribution < 1.29 is 10.2 Å². The van der Waals surface area contributed by atoms with Crippen LogP contribution in [0.2, 0.25) is 0 Å². The maximum Gasteiger partial charge on any atom is 0.0809 e. The van der Waals surface area contributed by atoms with Crippen molar-refractivity contribution in [2.45, 2.75) is 70.5 Å². The summed E-state index contributed by atoms with van der Waals surface area (Å²) < 4.78 is 0. The van der Waals surface area contributed by atoms with Crippen molar-refractivity contribution in [3.8, 4) is 0 Å². The number of hydrogen-bond acceptors (Lipinski definition) is 2. The first-order chi connectivity index (χ1) is 9.61. The van der Waals surface area contributed by atoms with E-state index >= 15 is 0 Å². The van der Waals surface area contributed by atoms with Crippen molar-refractivity contribution in [1.29, 1.82) is 0 Å². The topological polar surface area (TPSA) is 40.5 Å². The molecule has 2 heteroatoms. The van der Waals surface area contributed by atoms with E-state index in [1.54, 1.807) is 5.57 Å². The monoisotopic (exact) mass is 276 g/mol. The molecule has 112 valence electrons. The number of allylic oxidation sites excluding steroid dienone is 3. The van der Waals surface area contributed by atoms with E-state index in [1.165, 1.54) is 38.5 Å². The molecule has 0 saturated heterocycles. The third kappa shape index (κ3) is 3.83. The largest absolute Gasteiger partial charge is 0.388 e. The van der Waals surface area contributed by atoms with Gasteiger partial charge in [-0.1, -0.05) is 49.6 Å². The Morgan fingerprint density at radius 2 is 1.85 bits per heavy atom. The van der Waals surface area contributed by atoms with E-state index in [-0.39, 0.29) is 0 Å². The Hall–Kier alpha value is -0.860. The molecule has 2 saturated carbocycles. The van der Waals surface area contributed by atoms with Crippen molar-refractivity contribution in [1.82, 2.24) is 0 Å². The minimum atomic E-state index is -0.582. The van der Waals surface area contributed by atoms with E-state index in [0.717, 1.165) is 11.5 Å². The molecule has 0 spiro atoms. The standard InChI is InChI=1S/C18H28O2/c1-3-6-15-7-4-5-8-16(15)10-9-14-11-17(19)13(2)18(20)12-14/h9-10,15,17-20H,2-8,11-12H2,1H3/b16-10+/t15-,17-,18-/m1/s1. The van der Waals surface area contributed by atoms with Gasteiger partial charge in [-0.3, -0.25) is 0 Å². The highest BCUT2D eigenvalue weighted by atomic mass is 16.3. The molecule has 2 aliphatic rings. The Morgan fingerprint density at radius 3 is 2.50 bits per heavy atom. The van der Waals surface area contributed by atoms with Gasteiger partial charge in [-0.05, 0) is 50.0 Å². The number of aliphatic hydroxyl groups excluding tert-OH is 2. The maximum absolute atomic E-state index is 9.87. The van der Waals surface area contributed by atoms with Crippen molar-refractivity contribution in [2.75, 3.05) is 0 Å². The number of aliphatic hydroxyl groups is 2. The molecule has 0 aromatic heterocycles. The van der Waals surface area contributed by atoms with Crippen LogP contribution in [0.3, 0.4) is 0 Å². The predicted molar refractivity (Wildman–Crippen MR) is 83.4 cm³/mol. The first-order valence-electron chi connectivity index (χ1n) is 8.05. The zero-order valence-corrected chi connectivity index (χ0v) is 12.6. The van der Waals surface area contributed by atoms with E-state index in [1.807, 2.05) is 0 Å². The van der Waals surface area contributed by atoms with Gasteiger partial charge in [0.1, 0.15) is 0 Å². The van der Waals surface area contributed by atoms with Gasteiger partial charge in [-0.2, -0.15) is 0 Å². The van der Waals surface area contributed by atoms with Crippen LogP contribution in [0.5, 0.6) is 0 Å². The van der Waals surface area contributed by atoms with E-state index in [2.05, 4.69) is 25.7 Å². The van der Waals surface area contributed by atoms with Crippen LogP contribution >= 0.6 is 0 Å². The van der Waals surface area contributed by atoms with Gasteiger partial charge < -0.3 is 10.2 Å². The second-order valence-electron chi connectivity index (χ2n) is 6.31. The Labute approximate surface area is 122 Å². The van der Waals surface area contributed by atoms with Gasteiger partial charge in [0.05, 0.1) is 12.2 Å². The molecule has 2 nitrogen and oxygen atoms in total. The average Bonchev–Trinajstić information content (AvgIpc) is 2.44. The minimum Gasteiger partial charge on any atom is -0.388 e. The summed E-state index contributed by atoms with van der Waals surface area (Å²) in [5.41, 5.74) is 3.28. The zero-order chi connectivity index (χ0) is 14.5. The zero-order valence-electron chi connectivity index (χ0n) is 12.6. The molecule has 0 aromatic carbocycles. The molecule has 2 rings (SSSR count). The predicted octanol–water partition coefficient (Wildman–Crippen LogP) is 3.90. The van der Waals surface area contributed by atoms with Gasteiger partial charge in [-0.15, -0.1) is 0 Å². The molecule has 0 heterocycles. The second kappa shape index (κ2) is 7.24. The van der Waals surface area contributed by atoms with Gasteiger partial charge in [0.2, 0.25) is 0 Å². The molecule has 2 N–H and O–H groups in total. The molecular formula is C18H28O2. The molecule has 0 unspecified atom stereocenters. The van der Waals surface area contributed by atoms with Gasteiger partial charge in [0.15, 0.2) is 0 Å². The summed E-state index contributed by atoms with van der Waals surface area (Å²) in [6.07, 6.45) is 12.2. The smallest absolute Gasteiger partial charge is 0.0809 e. The summed E-state index contributed by atoms with van der Waals surface area (Å²) in [4.78, 5) is 0. The van der Waals surface area contributed by atoms with Crippen LogP contribution in [0.4, 0.5) is 0 Å². The van der Waals surface area contributed by atoms with Crippen LogP contribution in [0.1, 0.15) is 58.3 Å². The van der Waals surface area contributed by atoms with Crippen LogP contribution in [0.15, 0.2) is 35.5 Å². The normalized spacial score (nSPS) is 33.5. The third-order valence-corrected chi connectivity index (χ3v) is 4.73. The molecule has 2 fully saturated rings. The van der Waals surface area contributed by atoms with E-state index < -0.39 is 12.2 Å². The lowest BCUT2D eigenvalue weighted by Gasteiger charge is -2.28. The molecular weight excluding hydrogens is 248 g/mol. The van der Waals surface area contributed by atoms with Crippen LogP contribution in [0.25, 0.3) is 0 Å². The van der Waals surface area contributed by atoms with E-state index in [4.69, 9.17) is 0 Å². The quantitative estimate of drug-likeness (QED) is 0.767. The van der Waals surface area contributed by atoms with Gasteiger partial charge >= 0.3 is 0 Å². The first-order valence-corrected chi connectivity index (χ1v) is 8.05. The summed E-state index contributed by atoms with van der Waals surface area (Å²) in [5, 5.41) is 19.7. The Morgan fingerprint density at radius 1 is 1.15 bits per heavy atom. The molecule has 0 aromatic rings. The van der Waals surface area contributed by atoms with Crippen LogP contribution in [-0.4, -0.2) is 22.4 Å². The Balaban J connectivity index is 2.05. The Bertz CT molecular complexity index is 388. The summed E-state index contributed by atoms with van der Waals surface area (Å²) in [6.45, 7) is 6.01. The molecule has 0 amide bonds. The average molecular weight is 276 g/mol. The summed E-state index contributed by atoms with van der Waals surface area (Å²) in [7, 11) is 0. The molecule has 0 radical (unpaired) electrons. The molecule has 0 bridgehead atoms. The van der Waals surface area contributed by atoms with Crippen molar-refractivity contribution in [3.05, 3.63) is 35.5 Å². The van der Waals surface area contributed by atoms with Crippen molar-refractivity contribution in [2.24, 2.45) is 5.92 Å². The highest BCUT2D eigenvalue weighted by Gasteiger charge is 2.25. The highest BCUT2D eigenvalue weighted by Crippen LogP contribution is 2.33. The van der Waals surface area contributed by atoms with Crippen molar-refractivity contribution >= 4 is 0 Å². The fraction of sp³-hybridized carbons (Fsp3) is 0.667. The fourth-order valence-corrected chi connectivity index (χ4v) is 3.43. The van der Waals surface area contributed by atoms with Crippen LogP contribution in [-0.2, 0) is 0 Å². The van der Waals surface area contributed by atoms with Crippen LogP contribution < -0.4 is 0 Å². The molecule has 0 aliphatic heterocycles. The first kappa shape index (κ1) is 15.5. The summed E-state index contributed by atoms with van der Waals surface area (Å²) in [5.74, 6) is 0.749. The maximum atomic E-state index is 9.87.